The van der Waals surface area contributed by atoms with Crippen LogP contribution in [0.25, 0.3) is 5.69 Å². The van der Waals surface area contributed by atoms with Crippen molar-refractivity contribution in [2.45, 2.75) is 24.9 Å². The first-order valence-corrected chi connectivity index (χ1v) is 5.34. The Balaban J connectivity index is 1.89. The van der Waals surface area contributed by atoms with Gasteiger partial charge in [-0.05, 0) is 46.9 Å². The molecule has 1 aromatic carbocycles. The fourth-order valence-corrected chi connectivity index (χ4v) is 2.06. The lowest BCUT2D eigenvalue weighted by atomic mass is 9.77. The van der Waals surface area contributed by atoms with Gasteiger partial charge >= 0.3 is 0 Å². The van der Waals surface area contributed by atoms with Crippen LogP contribution in [0.2, 0.25) is 0 Å². The summed E-state index contributed by atoms with van der Waals surface area (Å²) in [6, 6.07) is 8.13. The molecule has 0 unspecified atom stereocenters. The standard InChI is InChI=1S/C11H12N4O/c16-11-5-9(6-11)8-2-1-3-10(4-8)15-7-12-13-14-15/h1-4,7,9,11,16H,5-6H2. The molecule has 0 saturated heterocycles. The van der Waals surface area contributed by atoms with Crippen LogP contribution in [0.3, 0.4) is 0 Å². The first-order chi connectivity index (χ1) is 7.83. The van der Waals surface area contributed by atoms with E-state index in [2.05, 4.69) is 27.7 Å². The Morgan fingerprint density at radius 2 is 2.19 bits per heavy atom. The van der Waals surface area contributed by atoms with Gasteiger partial charge < -0.3 is 5.11 Å². The van der Waals surface area contributed by atoms with Crippen molar-refractivity contribution < 1.29 is 5.11 Å². The van der Waals surface area contributed by atoms with Gasteiger partial charge in [-0.25, -0.2) is 4.68 Å². The number of aliphatic hydroxyl groups excluding tert-OH is 1. The van der Waals surface area contributed by atoms with Gasteiger partial charge in [0.25, 0.3) is 0 Å². The van der Waals surface area contributed by atoms with E-state index in [9.17, 15) is 5.11 Å². The molecule has 1 saturated carbocycles. The molecular weight excluding hydrogens is 204 g/mol. The van der Waals surface area contributed by atoms with Gasteiger partial charge in [0.2, 0.25) is 0 Å². The topological polar surface area (TPSA) is 63.8 Å². The molecule has 1 N–H and O–H groups in total. The molecule has 5 heteroatoms. The molecule has 1 aliphatic rings. The molecular formula is C11H12N4O. The number of hydrogen-bond acceptors (Lipinski definition) is 4. The second-order valence-corrected chi connectivity index (χ2v) is 4.17. The van der Waals surface area contributed by atoms with Crippen LogP contribution in [0.5, 0.6) is 0 Å². The van der Waals surface area contributed by atoms with Crippen LogP contribution < -0.4 is 0 Å². The summed E-state index contributed by atoms with van der Waals surface area (Å²) >= 11 is 0. The van der Waals surface area contributed by atoms with E-state index in [4.69, 9.17) is 0 Å². The normalized spacial score (nSPS) is 24.1. The molecule has 0 bridgehead atoms. The van der Waals surface area contributed by atoms with E-state index in [0.717, 1.165) is 18.5 Å². The zero-order valence-electron chi connectivity index (χ0n) is 8.69. The zero-order chi connectivity index (χ0) is 11.0. The molecule has 0 amide bonds. The van der Waals surface area contributed by atoms with E-state index in [0.29, 0.717) is 5.92 Å². The number of aromatic nitrogens is 4. The van der Waals surface area contributed by atoms with Crippen LogP contribution in [0.4, 0.5) is 0 Å². The van der Waals surface area contributed by atoms with Crippen LogP contribution in [0.15, 0.2) is 30.6 Å². The van der Waals surface area contributed by atoms with Gasteiger partial charge in [0.1, 0.15) is 6.33 Å². The number of rotatable bonds is 2. The molecule has 16 heavy (non-hydrogen) atoms. The van der Waals surface area contributed by atoms with Gasteiger partial charge in [-0.2, -0.15) is 0 Å². The summed E-state index contributed by atoms with van der Waals surface area (Å²) in [6.07, 6.45) is 3.18. The highest BCUT2D eigenvalue weighted by atomic mass is 16.3. The smallest absolute Gasteiger partial charge is 0.143 e. The summed E-state index contributed by atoms with van der Waals surface area (Å²) in [4.78, 5) is 0. The van der Waals surface area contributed by atoms with E-state index in [1.54, 1.807) is 11.0 Å². The summed E-state index contributed by atoms with van der Waals surface area (Å²) in [5.74, 6) is 0.478. The Labute approximate surface area is 92.7 Å². The first-order valence-electron chi connectivity index (χ1n) is 5.34. The average Bonchev–Trinajstić information content (AvgIpc) is 2.78. The SMILES string of the molecule is OC1CC(c2cccc(-n3cnnn3)c2)C1. The van der Waals surface area contributed by atoms with Crippen LogP contribution in [0.1, 0.15) is 24.3 Å². The van der Waals surface area contributed by atoms with Crippen LogP contribution in [-0.4, -0.2) is 31.4 Å². The molecule has 5 nitrogen and oxygen atoms in total. The van der Waals surface area contributed by atoms with Gasteiger partial charge in [-0.3, -0.25) is 0 Å². The summed E-state index contributed by atoms with van der Waals surface area (Å²) in [5.41, 5.74) is 2.21. The van der Waals surface area contributed by atoms with E-state index >= 15 is 0 Å². The summed E-state index contributed by atoms with van der Waals surface area (Å²) in [5, 5.41) is 20.4. The van der Waals surface area contributed by atoms with E-state index in [1.807, 2.05) is 12.1 Å². The molecule has 1 aromatic heterocycles. The van der Waals surface area contributed by atoms with Crippen LogP contribution in [-0.2, 0) is 0 Å². The molecule has 0 radical (unpaired) electrons. The molecule has 1 fully saturated rings. The third-order valence-corrected chi connectivity index (χ3v) is 3.07. The quantitative estimate of drug-likeness (QED) is 0.810. The minimum atomic E-state index is -0.123. The van der Waals surface area contributed by atoms with Crippen molar-refractivity contribution >= 4 is 0 Å². The monoisotopic (exact) mass is 216 g/mol. The second kappa shape index (κ2) is 3.68. The minimum absolute atomic E-state index is 0.123. The van der Waals surface area contributed by atoms with Crippen molar-refractivity contribution in [2.75, 3.05) is 0 Å². The van der Waals surface area contributed by atoms with Crippen LogP contribution in [0, 0.1) is 0 Å². The molecule has 1 heterocycles. The van der Waals surface area contributed by atoms with Gasteiger partial charge in [0.05, 0.1) is 11.8 Å². The number of hydrogen-bond donors (Lipinski definition) is 1. The van der Waals surface area contributed by atoms with E-state index in [1.165, 1.54) is 5.56 Å². The van der Waals surface area contributed by atoms with E-state index in [-0.39, 0.29) is 6.10 Å². The summed E-state index contributed by atoms with van der Waals surface area (Å²) in [6.45, 7) is 0. The Hall–Kier alpha value is -1.75. The maximum Gasteiger partial charge on any atom is 0.143 e. The molecule has 0 spiro atoms. The van der Waals surface area contributed by atoms with Crippen molar-refractivity contribution in [3.8, 4) is 5.69 Å². The van der Waals surface area contributed by atoms with Crippen molar-refractivity contribution in [2.24, 2.45) is 0 Å². The molecule has 82 valence electrons. The maximum absolute atomic E-state index is 9.30. The van der Waals surface area contributed by atoms with Crippen molar-refractivity contribution in [3.05, 3.63) is 36.2 Å². The maximum atomic E-state index is 9.30. The van der Waals surface area contributed by atoms with Gasteiger partial charge in [-0.1, -0.05) is 12.1 Å². The predicted octanol–water partition coefficient (Wildman–Crippen LogP) is 0.901. The molecule has 1 aliphatic carbocycles. The Morgan fingerprint density at radius 3 is 2.88 bits per heavy atom. The predicted molar refractivity (Wildman–Crippen MR) is 57.1 cm³/mol. The lowest BCUT2D eigenvalue weighted by molar-refractivity contribution is 0.0746. The number of tetrazole rings is 1. The number of aliphatic hydroxyl groups is 1. The highest BCUT2D eigenvalue weighted by Crippen LogP contribution is 2.37. The Morgan fingerprint density at radius 1 is 1.31 bits per heavy atom. The highest BCUT2D eigenvalue weighted by Gasteiger charge is 2.28. The van der Waals surface area contributed by atoms with Gasteiger partial charge in [0, 0.05) is 0 Å². The fraction of sp³-hybridized carbons (Fsp3) is 0.364. The minimum Gasteiger partial charge on any atom is -0.393 e. The Kier molecular flexibility index (Phi) is 2.18. The zero-order valence-corrected chi connectivity index (χ0v) is 8.69. The van der Waals surface area contributed by atoms with Crippen LogP contribution >= 0.6 is 0 Å². The third kappa shape index (κ3) is 1.59. The van der Waals surface area contributed by atoms with Crippen molar-refractivity contribution in [1.29, 1.82) is 0 Å². The summed E-state index contributed by atoms with van der Waals surface area (Å²) in [7, 11) is 0. The van der Waals surface area contributed by atoms with Gasteiger partial charge in [0.15, 0.2) is 0 Å². The van der Waals surface area contributed by atoms with Crippen molar-refractivity contribution in [3.63, 3.8) is 0 Å². The van der Waals surface area contributed by atoms with Gasteiger partial charge in [-0.15, -0.1) is 5.10 Å². The largest absolute Gasteiger partial charge is 0.393 e. The number of nitrogens with zero attached hydrogens (tertiary/aromatic N) is 4. The average molecular weight is 216 g/mol. The second-order valence-electron chi connectivity index (χ2n) is 4.17. The molecule has 0 aliphatic heterocycles. The first kappa shape index (κ1) is 9.47. The van der Waals surface area contributed by atoms with E-state index < -0.39 is 0 Å². The summed E-state index contributed by atoms with van der Waals surface area (Å²) < 4.78 is 1.64. The molecule has 0 atom stereocenters. The third-order valence-electron chi connectivity index (χ3n) is 3.07. The molecule has 3 rings (SSSR count). The Bertz CT molecular complexity index is 476. The lowest BCUT2D eigenvalue weighted by Gasteiger charge is -2.31. The molecule has 2 aromatic rings. The fourth-order valence-electron chi connectivity index (χ4n) is 2.06. The lowest BCUT2D eigenvalue weighted by Crippen LogP contribution is -2.26. The highest BCUT2D eigenvalue weighted by molar-refractivity contribution is 5.37. The van der Waals surface area contributed by atoms with Crippen molar-refractivity contribution in [1.82, 2.24) is 20.2 Å². The number of benzene rings is 1.